The lowest BCUT2D eigenvalue weighted by Crippen LogP contribution is -2.21. The smallest absolute Gasteiger partial charge is 0.342 e. The molecule has 0 aliphatic rings. The highest BCUT2D eigenvalue weighted by Gasteiger charge is 2.16. The van der Waals surface area contributed by atoms with Crippen LogP contribution in [0.5, 0.6) is 17.2 Å². The van der Waals surface area contributed by atoms with E-state index in [0.717, 1.165) is 0 Å². The molecule has 0 heterocycles. The number of anilines is 1. The normalized spacial score (nSPS) is 10.0. The molecule has 0 bridgehead atoms. The van der Waals surface area contributed by atoms with Gasteiger partial charge >= 0.3 is 5.97 Å². The number of phenolic OH excluding ortho intramolecular Hbond substituents is 1. The summed E-state index contributed by atoms with van der Waals surface area (Å²) in [5.74, 6) is -0.951. The number of phenols is 1. The fourth-order valence-electron chi connectivity index (χ4n) is 2.00. The van der Waals surface area contributed by atoms with E-state index < -0.39 is 18.5 Å². The Bertz CT molecular complexity index is 793. The van der Waals surface area contributed by atoms with Crippen LogP contribution in [-0.2, 0) is 9.53 Å². The van der Waals surface area contributed by atoms with E-state index in [0.29, 0.717) is 22.2 Å². The van der Waals surface area contributed by atoms with E-state index in [4.69, 9.17) is 25.8 Å². The van der Waals surface area contributed by atoms with Gasteiger partial charge in [-0.3, -0.25) is 4.79 Å². The number of amides is 1. The van der Waals surface area contributed by atoms with E-state index >= 15 is 0 Å². The zero-order valence-electron chi connectivity index (χ0n) is 13.5. The molecule has 0 saturated heterocycles. The van der Waals surface area contributed by atoms with Crippen molar-refractivity contribution < 1.29 is 28.9 Å². The highest BCUT2D eigenvalue weighted by atomic mass is 35.5. The summed E-state index contributed by atoms with van der Waals surface area (Å²) < 4.78 is 15.1. The highest BCUT2D eigenvalue weighted by molar-refractivity contribution is 6.32. The molecule has 0 unspecified atom stereocenters. The lowest BCUT2D eigenvalue weighted by molar-refractivity contribution is -0.119. The first-order valence-corrected chi connectivity index (χ1v) is 7.50. The molecule has 0 spiro atoms. The van der Waals surface area contributed by atoms with Gasteiger partial charge in [0.25, 0.3) is 5.91 Å². The summed E-state index contributed by atoms with van der Waals surface area (Å²) in [6.07, 6.45) is 0. The van der Waals surface area contributed by atoms with Crippen molar-refractivity contribution in [1.82, 2.24) is 0 Å². The first-order chi connectivity index (χ1) is 12.0. The van der Waals surface area contributed by atoms with Crippen molar-refractivity contribution in [2.75, 3.05) is 26.1 Å². The fraction of sp³-hybridized carbons (Fsp3) is 0.176. The van der Waals surface area contributed by atoms with E-state index in [-0.39, 0.29) is 11.3 Å². The topological polar surface area (TPSA) is 94.1 Å². The van der Waals surface area contributed by atoms with Crippen molar-refractivity contribution in [3.8, 4) is 17.2 Å². The largest absolute Gasteiger partial charge is 0.507 e. The monoisotopic (exact) mass is 365 g/mol. The van der Waals surface area contributed by atoms with Gasteiger partial charge in [-0.25, -0.2) is 4.79 Å². The van der Waals surface area contributed by atoms with Gasteiger partial charge in [-0.05, 0) is 12.1 Å². The number of benzene rings is 2. The van der Waals surface area contributed by atoms with Crippen LogP contribution in [0.2, 0.25) is 5.02 Å². The third-order valence-electron chi connectivity index (χ3n) is 3.21. The quantitative estimate of drug-likeness (QED) is 0.764. The SMILES string of the molecule is COc1cc(NC(=O)COC(=O)c2ccccc2O)c(OC)cc1Cl. The summed E-state index contributed by atoms with van der Waals surface area (Å²) in [5, 5.41) is 12.5. The number of esters is 1. The summed E-state index contributed by atoms with van der Waals surface area (Å²) >= 11 is 5.99. The zero-order valence-corrected chi connectivity index (χ0v) is 14.3. The van der Waals surface area contributed by atoms with Crippen LogP contribution in [0.1, 0.15) is 10.4 Å². The second-order valence-corrected chi connectivity index (χ2v) is 5.24. The van der Waals surface area contributed by atoms with Crippen molar-refractivity contribution in [1.29, 1.82) is 0 Å². The number of hydrogen-bond donors (Lipinski definition) is 2. The van der Waals surface area contributed by atoms with Crippen molar-refractivity contribution in [3.05, 3.63) is 47.0 Å². The average Bonchev–Trinajstić information content (AvgIpc) is 2.61. The zero-order chi connectivity index (χ0) is 18.4. The standard InChI is InChI=1S/C17H16ClNO6/c1-23-14-8-12(15(24-2)7-11(14)18)19-16(21)9-25-17(22)10-5-3-4-6-13(10)20/h3-8,20H,9H2,1-2H3,(H,19,21). The Labute approximate surface area is 149 Å². The number of halogens is 1. The van der Waals surface area contributed by atoms with Gasteiger partial charge in [0.2, 0.25) is 0 Å². The van der Waals surface area contributed by atoms with E-state index in [1.54, 1.807) is 12.1 Å². The van der Waals surface area contributed by atoms with Crippen LogP contribution in [0, 0.1) is 0 Å². The molecule has 2 rings (SSSR count). The predicted molar refractivity (Wildman–Crippen MR) is 91.6 cm³/mol. The van der Waals surface area contributed by atoms with Crippen LogP contribution < -0.4 is 14.8 Å². The number of carbonyl (C=O) groups is 2. The number of rotatable bonds is 6. The molecular formula is C17H16ClNO6. The maximum Gasteiger partial charge on any atom is 0.342 e. The third kappa shape index (κ3) is 4.54. The molecular weight excluding hydrogens is 350 g/mol. The Balaban J connectivity index is 2.03. The van der Waals surface area contributed by atoms with Gasteiger partial charge in [0.1, 0.15) is 22.8 Å². The maximum absolute atomic E-state index is 12.0. The molecule has 2 aromatic rings. The van der Waals surface area contributed by atoms with Crippen LogP contribution in [0.25, 0.3) is 0 Å². The Morgan fingerprint density at radius 1 is 1.12 bits per heavy atom. The van der Waals surface area contributed by atoms with Gasteiger partial charge in [-0.15, -0.1) is 0 Å². The molecule has 2 aromatic carbocycles. The molecule has 8 heteroatoms. The van der Waals surface area contributed by atoms with Gasteiger partial charge in [0.05, 0.1) is 24.9 Å². The van der Waals surface area contributed by atoms with Crippen molar-refractivity contribution in [3.63, 3.8) is 0 Å². The molecule has 0 fully saturated rings. The Kier molecular flexibility index (Phi) is 6.08. The van der Waals surface area contributed by atoms with E-state index in [9.17, 15) is 14.7 Å². The van der Waals surface area contributed by atoms with Gasteiger partial charge in [-0.2, -0.15) is 0 Å². The Morgan fingerprint density at radius 2 is 1.80 bits per heavy atom. The molecule has 0 saturated carbocycles. The van der Waals surface area contributed by atoms with Gasteiger partial charge in [-0.1, -0.05) is 23.7 Å². The summed E-state index contributed by atoms with van der Waals surface area (Å²) in [6, 6.07) is 8.86. The van der Waals surface area contributed by atoms with Crippen LogP contribution >= 0.6 is 11.6 Å². The lowest BCUT2D eigenvalue weighted by atomic mass is 10.2. The number of hydrogen-bond acceptors (Lipinski definition) is 6. The number of aromatic hydroxyl groups is 1. The molecule has 0 aliphatic carbocycles. The van der Waals surface area contributed by atoms with Crippen molar-refractivity contribution in [2.24, 2.45) is 0 Å². The Hall–Kier alpha value is -2.93. The Morgan fingerprint density at radius 3 is 2.44 bits per heavy atom. The fourth-order valence-corrected chi connectivity index (χ4v) is 2.23. The van der Waals surface area contributed by atoms with Gasteiger partial charge in [0, 0.05) is 12.1 Å². The molecule has 0 atom stereocenters. The molecule has 25 heavy (non-hydrogen) atoms. The minimum absolute atomic E-state index is 0.0268. The second kappa shape index (κ2) is 8.25. The maximum atomic E-state index is 12.0. The van der Waals surface area contributed by atoms with Crippen molar-refractivity contribution in [2.45, 2.75) is 0 Å². The molecule has 132 valence electrons. The predicted octanol–water partition coefficient (Wildman–Crippen LogP) is 2.86. The average molecular weight is 366 g/mol. The summed E-state index contributed by atoms with van der Waals surface area (Å²) in [6.45, 7) is -0.540. The summed E-state index contributed by atoms with van der Waals surface area (Å²) in [5.41, 5.74) is 0.286. The minimum atomic E-state index is -0.811. The summed E-state index contributed by atoms with van der Waals surface area (Å²) in [4.78, 5) is 23.9. The van der Waals surface area contributed by atoms with Crippen LogP contribution in [-0.4, -0.2) is 37.8 Å². The minimum Gasteiger partial charge on any atom is -0.507 e. The third-order valence-corrected chi connectivity index (χ3v) is 3.50. The second-order valence-electron chi connectivity index (χ2n) is 4.83. The van der Waals surface area contributed by atoms with Crippen molar-refractivity contribution >= 4 is 29.2 Å². The molecule has 0 aliphatic heterocycles. The van der Waals surface area contributed by atoms with Gasteiger partial charge in [0.15, 0.2) is 6.61 Å². The molecule has 0 radical (unpaired) electrons. The number of carbonyl (C=O) groups excluding carboxylic acids is 2. The van der Waals surface area contributed by atoms with Crippen LogP contribution in [0.3, 0.4) is 0 Å². The molecule has 7 nitrogen and oxygen atoms in total. The number of methoxy groups -OCH3 is 2. The van der Waals surface area contributed by atoms with Gasteiger partial charge < -0.3 is 24.6 Å². The molecule has 2 N–H and O–H groups in total. The number of ether oxygens (including phenoxy) is 3. The van der Waals surface area contributed by atoms with E-state index in [1.807, 2.05) is 0 Å². The number of nitrogens with one attached hydrogen (secondary N) is 1. The van der Waals surface area contributed by atoms with Crippen LogP contribution in [0.15, 0.2) is 36.4 Å². The first kappa shape index (κ1) is 18.4. The lowest BCUT2D eigenvalue weighted by Gasteiger charge is -2.13. The number of para-hydroxylation sites is 1. The summed E-state index contributed by atoms with van der Waals surface area (Å²) in [7, 11) is 2.86. The van der Waals surface area contributed by atoms with E-state index in [2.05, 4.69) is 5.32 Å². The first-order valence-electron chi connectivity index (χ1n) is 7.12. The van der Waals surface area contributed by atoms with E-state index in [1.165, 1.54) is 38.5 Å². The molecule has 1 amide bonds. The van der Waals surface area contributed by atoms with Crippen LogP contribution in [0.4, 0.5) is 5.69 Å². The highest BCUT2D eigenvalue weighted by Crippen LogP contribution is 2.35. The molecule has 0 aromatic heterocycles.